The first kappa shape index (κ1) is 21.9. The maximum Gasteiger partial charge on any atom is 0.315 e. The second kappa shape index (κ2) is 11.4. The van der Waals surface area contributed by atoms with E-state index in [2.05, 4.69) is 10.2 Å². The van der Waals surface area contributed by atoms with Crippen LogP contribution < -0.4 is 5.32 Å². The van der Waals surface area contributed by atoms with Crippen LogP contribution in [0.3, 0.4) is 0 Å². The molecule has 0 atom stereocenters. The van der Waals surface area contributed by atoms with Gasteiger partial charge in [-0.05, 0) is 18.5 Å². The van der Waals surface area contributed by atoms with Crippen LogP contribution in [0.15, 0.2) is 30.3 Å². The van der Waals surface area contributed by atoms with Gasteiger partial charge in [-0.2, -0.15) is 0 Å². The summed E-state index contributed by atoms with van der Waals surface area (Å²) in [5.41, 5.74) is 0.904. The molecule has 154 valence electrons. The van der Waals surface area contributed by atoms with Crippen molar-refractivity contribution in [3.8, 4) is 0 Å². The summed E-state index contributed by atoms with van der Waals surface area (Å²) in [6, 6.07) is 9.42. The van der Waals surface area contributed by atoms with Crippen molar-refractivity contribution in [3.05, 3.63) is 35.9 Å². The zero-order valence-electron chi connectivity index (χ0n) is 16.9. The summed E-state index contributed by atoms with van der Waals surface area (Å²) in [5.74, 6) is -0.581. The van der Waals surface area contributed by atoms with E-state index in [0.29, 0.717) is 19.6 Å². The Kier molecular flexibility index (Phi) is 8.94. The standard InChI is InChI=1S/C21H31N3O4/c1-17(2)21(27)22-9-6-10-23-11-13-24(14-12-23)19(25)15-20(26)28-16-18-7-4-3-5-8-18/h3-5,7-8,17H,6,9-16H2,1-2H3,(H,22,27). The first-order chi connectivity index (χ1) is 13.5. The van der Waals surface area contributed by atoms with Gasteiger partial charge in [-0.25, -0.2) is 0 Å². The largest absolute Gasteiger partial charge is 0.460 e. The molecule has 2 rings (SSSR count). The molecule has 0 spiro atoms. The first-order valence-electron chi connectivity index (χ1n) is 9.93. The van der Waals surface area contributed by atoms with Gasteiger partial charge in [0.1, 0.15) is 13.0 Å². The third-order valence-corrected chi connectivity index (χ3v) is 4.74. The number of rotatable bonds is 9. The van der Waals surface area contributed by atoms with Gasteiger partial charge >= 0.3 is 5.97 Å². The molecule has 1 aromatic rings. The minimum Gasteiger partial charge on any atom is -0.460 e. The predicted octanol–water partition coefficient (Wildman–Crippen LogP) is 1.43. The number of esters is 1. The minimum absolute atomic E-state index is 0.00828. The van der Waals surface area contributed by atoms with Gasteiger partial charge in [-0.15, -0.1) is 0 Å². The highest BCUT2D eigenvalue weighted by Crippen LogP contribution is 2.07. The van der Waals surface area contributed by atoms with Crippen LogP contribution in [0.5, 0.6) is 0 Å². The molecule has 0 aliphatic carbocycles. The van der Waals surface area contributed by atoms with E-state index in [1.807, 2.05) is 44.2 Å². The van der Waals surface area contributed by atoms with Crippen LogP contribution in [-0.2, 0) is 25.7 Å². The zero-order chi connectivity index (χ0) is 20.4. The van der Waals surface area contributed by atoms with E-state index in [4.69, 9.17) is 4.74 Å². The third kappa shape index (κ3) is 7.68. The molecule has 1 aliphatic rings. The topological polar surface area (TPSA) is 79.0 Å². The van der Waals surface area contributed by atoms with Crippen molar-refractivity contribution in [1.82, 2.24) is 15.1 Å². The number of benzene rings is 1. The number of ether oxygens (including phenoxy) is 1. The van der Waals surface area contributed by atoms with Crippen LogP contribution in [0.1, 0.15) is 32.3 Å². The molecule has 0 radical (unpaired) electrons. The Bertz CT molecular complexity index is 640. The summed E-state index contributed by atoms with van der Waals surface area (Å²) in [6.45, 7) is 8.29. The number of piperazine rings is 1. The van der Waals surface area contributed by atoms with Gasteiger partial charge in [-0.3, -0.25) is 19.3 Å². The molecule has 0 saturated carbocycles. The van der Waals surface area contributed by atoms with Crippen LogP contribution in [0, 0.1) is 5.92 Å². The molecule has 1 aromatic carbocycles. The molecule has 1 fully saturated rings. The molecule has 1 N–H and O–H groups in total. The summed E-state index contributed by atoms with van der Waals surface area (Å²) >= 11 is 0. The Hall–Kier alpha value is -2.41. The van der Waals surface area contributed by atoms with Crippen molar-refractivity contribution in [2.45, 2.75) is 33.3 Å². The van der Waals surface area contributed by atoms with Gasteiger partial charge in [0.15, 0.2) is 0 Å². The van der Waals surface area contributed by atoms with Crippen molar-refractivity contribution < 1.29 is 19.1 Å². The van der Waals surface area contributed by atoms with Crippen molar-refractivity contribution in [2.24, 2.45) is 5.92 Å². The highest BCUT2D eigenvalue weighted by Gasteiger charge is 2.23. The second-order valence-corrected chi connectivity index (χ2v) is 7.34. The lowest BCUT2D eigenvalue weighted by molar-refractivity contribution is -0.150. The molecule has 2 amide bonds. The maximum absolute atomic E-state index is 12.3. The quantitative estimate of drug-likeness (QED) is 0.393. The van der Waals surface area contributed by atoms with E-state index in [1.165, 1.54) is 0 Å². The number of carbonyl (C=O) groups excluding carboxylic acids is 3. The fraction of sp³-hybridized carbons (Fsp3) is 0.571. The Morgan fingerprint density at radius 2 is 1.75 bits per heavy atom. The summed E-state index contributed by atoms with van der Waals surface area (Å²) in [5, 5.41) is 2.91. The molecule has 7 nitrogen and oxygen atoms in total. The van der Waals surface area contributed by atoms with Crippen molar-refractivity contribution >= 4 is 17.8 Å². The summed E-state index contributed by atoms with van der Waals surface area (Å²) in [6.07, 6.45) is 0.673. The van der Waals surface area contributed by atoms with Crippen LogP contribution >= 0.6 is 0 Å². The molecular weight excluding hydrogens is 358 g/mol. The van der Waals surface area contributed by atoms with Gasteiger partial charge in [0, 0.05) is 38.6 Å². The predicted molar refractivity (Wildman–Crippen MR) is 106 cm³/mol. The Morgan fingerprint density at radius 3 is 2.39 bits per heavy atom. The molecule has 0 aromatic heterocycles. The highest BCUT2D eigenvalue weighted by molar-refractivity contribution is 5.94. The zero-order valence-corrected chi connectivity index (χ0v) is 16.9. The molecule has 1 saturated heterocycles. The second-order valence-electron chi connectivity index (χ2n) is 7.34. The number of hydrogen-bond donors (Lipinski definition) is 1. The van der Waals surface area contributed by atoms with E-state index in [1.54, 1.807) is 4.90 Å². The third-order valence-electron chi connectivity index (χ3n) is 4.74. The SMILES string of the molecule is CC(C)C(=O)NCCCN1CCN(C(=O)CC(=O)OCc2ccccc2)CC1. The first-order valence-corrected chi connectivity index (χ1v) is 9.93. The Morgan fingerprint density at radius 1 is 1.07 bits per heavy atom. The molecular formula is C21H31N3O4. The summed E-state index contributed by atoms with van der Waals surface area (Å²) < 4.78 is 5.18. The van der Waals surface area contributed by atoms with Gasteiger partial charge < -0.3 is 15.0 Å². The van der Waals surface area contributed by atoms with E-state index in [0.717, 1.165) is 31.6 Å². The van der Waals surface area contributed by atoms with Crippen molar-refractivity contribution in [2.75, 3.05) is 39.3 Å². The lowest BCUT2D eigenvalue weighted by Crippen LogP contribution is -2.49. The lowest BCUT2D eigenvalue weighted by Gasteiger charge is -2.34. The maximum atomic E-state index is 12.3. The van der Waals surface area contributed by atoms with E-state index in [9.17, 15) is 14.4 Å². The van der Waals surface area contributed by atoms with E-state index in [-0.39, 0.29) is 30.8 Å². The number of carbonyl (C=O) groups is 3. The van der Waals surface area contributed by atoms with Crippen molar-refractivity contribution in [3.63, 3.8) is 0 Å². The fourth-order valence-corrected chi connectivity index (χ4v) is 2.96. The summed E-state index contributed by atoms with van der Waals surface area (Å²) in [7, 11) is 0. The van der Waals surface area contributed by atoms with Gasteiger partial charge in [0.2, 0.25) is 11.8 Å². The molecule has 1 aliphatic heterocycles. The van der Waals surface area contributed by atoms with Crippen LogP contribution in [-0.4, -0.2) is 66.9 Å². The highest BCUT2D eigenvalue weighted by atomic mass is 16.5. The van der Waals surface area contributed by atoms with Crippen LogP contribution in [0.25, 0.3) is 0 Å². The molecule has 0 bridgehead atoms. The molecule has 28 heavy (non-hydrogen) atoms. The summed E-state index contributed by atoms with van der Waals surface area (Å²) in [4.78, 5) is 39.7. The lowest BCUT2D eigenvalue weighted by atomic mass is 10.2. The molecule has 7 heteroatoms. The average molecular weight is 389 g/mol. The monoisotopic (exact) mass is 389 g/mol. The minimum atomic E-state index is -0.489. The van der Waals surface area contributed by atoms with Crippen LogP contribution in [0.2, 0.25) is 0 Å². The smallest absolute Gasteiger partial charge is 0.315 e. The number of amides is 2. The molecule has 0 unspecified atom stereocenters. The van der Waals surface area contributed by atoms with Crippen molar-refractivity contribution in [1.29, 1.82) is 0 Å². The number of hydrogen-bond acceptors (Lipinski definition) is 5. The number of nitrogens with one attached hydrogen (secondary N) is 1. The normalized spacial score (nSPS) is 14.8. The van der Waals surface area contributed by atoms with Gasteiger partial charge in [-0.1, -0.05) is 44.2 Å². The Labute approximate surface area is 167 Å². The van der Waals surface area contributed by atoms with Gasteiger partial charge in [0.05, 0.1) is 0 Å². The van der Waals surface area contributed by atoms with Crippen LogP contribution in [0.4, 0.5) is 0 Å². The molecule has 1 heterocycles. The van der Waals surface area contributed by atoms with E-state index < -0.39 is 5.97 Å². The Balaban J connectivity index is 1.59. The number of nitrogens with zero attached hydrogens (tertiary/aromatic N) is 2. The van der Waals surface area contributed by atoms with Gasteiger partial charge in [0.25, 0.3) is 0 Å². The fourth-order valence-electron chi connectivity index (χ4n) is 2.96. The average Bonchev–Trinajstić information content (AvgIpc) is 2.70. The van der Waals surface area contributed by atoms with E-state index >= 15 is 0 Å².